The van der Waals surface area contributed by atoms with Gasteiger partial charge >= 0.3 is 0 Å². The first-order valence-corrected chi connectivity index (χ1v) is 5.74. The summed E-state index contributed by atoms with van der Waals surface area (Å²) in [4.78, 5) is 0. The van der Waals surface area contributed by atoms with Gasteiger partial charge in [-0.05, 0) is 43.9 Å². The lowest BCUT2D eigenvalue weighted by Gasteiger charge is -2.06. The maximum Gasteiger partial charge on any atom is 0.0342 e. The van der Waals surface area contributed by atoms with E-state index in [-0.39, 0.29) is 0 Å². The van der Waals surface area contributed by atoms with E-state index in [9.17, 15) is 0 Å². The molecule has 0 heterocycles. The van der Waals surface area contributed by atoms with Crippen LogP contribution in [0.1, 0.15) is 31.2 Å². The minimum atomic E-state index is 1.07. The van der Waals surface area contributed by atoms with E-state index >= 15 is 0 Å². The number of hydrogen-bond donors (Lipinski definition) is 1. The Kier molecular flexibility index (Phi) is 5.60. The molecule has 0 radical (unpaired) electrons. The largest absolute Gasteiger partial charge is 0.385 e. The number of anilines is 1. The van der Waals surface area contributed by atoms with Crippen LogP contribution in [0.5, 0.6) is 0 Å². The molecule has 0 saturated heterocycles. The highest BCUT2D eigenvalue weighted by atomic mass is 14.9. The van der Waals surface area contributed by atoms with Crippen LogP contribution in [-0.2, 0) is 0 Å². The minimum absolute atomic E-state index is 1.07. The smallest absolute Gasteiger partial charge is 0.0342 e. The molecule has 0 aliphatic heterocycles. The van der Waals surface area contributed by atoms with E-state index in [2.05, 4.69) is 43.1 Å². The summed E-state index contributed by atoms with van der Waals surface area (Å²) in [5.41, 5.74) is 2.55. The van der Waals surface area contributed by atoms with Crippen molar-refractivity contribution >= 4 is 5.69 Å². The molecule has 82 valence electrons. The lowest BCUT2D eigenvalue weighted by atomic mass is 10.2. The van der Waals surface area contributed by atoms with E-state index in [4.69, 9.17) is 0 Å². The molecule has 1 aromatic rings. The molecule has 1 heteroatoms. The number of allylic oxidation sites excluding steroid dienone is 1. The fraction of sp³-hybridized carbons (Fsp3) is 0.429. The van der Waals surface area contributed by atoms with Crippen molar-refractivity contribution in [3.05, 3.63) is 42.5 Å². The highest BCUT2D eigenvalue weighted by molar-refractivity contribution is 5.45. The topological polar surface area (TPSA) is 12.0 Å². The lowest BCUT2D eigenvalue weighted by molar-refractivity contribution is 0.709. The third kappa shape index (κ3) is 5.26. The molecule has 0 aliphatic rings. The summed E-state index contributed by atoms with van der Waals surface area (Å²) in [6.45, 7) is 6.91. The number of unbranched alkanes of at least 4 members (excludes halogenated alkanes) is 3. The Morgan fingerprint density at radius 2 is 2.13 bits per heavy atom. The quantitative estimate of drug-likeness (QED) is 0.518. The molecule has 15 heavy (non-hydrogen) atoms. The van der Waals surface area contributed by atoms with Gasteiger partial charge in [-0.25, -0.2) is 0 Å². The van der Waals surface area contributed by atoms with Crippen LogP contribution in [0.2, 0.25) is 0 Å². The summed E-state index contributed by atoms with van der Waals surface area (Å²) in [7, 11) is 0. The van der Waals surface area contributed by atoms with Crippen molar-refractivity contribution in [3.63, 3.8) is 0 Å². The van der Waals surface area contributed by atoms with E-state index in [0.29, 0.717) is 0 Å². The normalized spacial score (nSPS) is 9.93. The van der Waals surface area contributed by atoms with Crippen LogP contribution in [0.3, 0.4) is 0 Å². The van der Waals surface area contributed by atoms with Crippen LogP contribution in [-0.4, -0.2) is 6.54 Å². The molecule has 1 rings (SSSR count). The first-order chi connectivity index (χ1) is 7.33. The molecule has 0 unspecified atom stereocenters. The van der Waals surface area contributed by atoms with Crippen molar-refractivity contribution in [2.45, 2.75) is 32.6 Å². The third-order valence-corrected chi connectivity index (χ3v) is 2.43. The molecule has 1 nitrogen and oxygen atoms in total. The van der Waals surface area contributed by atoms with Gasteiger partial charge in [0, 0.05) is 12.2 Å². The van der Waals surface area contributed by atoms with Crippen molar-refractivity contribution in [3.8, 4) is 0 Å². The Morgan fingerprint density at radius 1 is 1.27 bits per heavy atom. The van der Waals surface area contributed by atoms with Crippen LogP contribution in [0.4, 0.5) is 5.69 Å². The van der Waals surface area contributed by atoms with Gasteiger partial charge in [-0.2, -0.15) is 0 Å². The molecule has 0 amide bonds. The molecule has 1 N–H and O–H groups in total. The van der Waals surface area contributed by atoms with Crippen LogP contribution < -0.4 is 5.32 Å². The van der Waals surface area contributed by atoms with Gasteiger partial charge in [-0.1, -0.05) is 24.6 Å². The van der Waals surface area contributed by atoms with E-state index in [0.717, 1.165) is 13.0 Å². The van der Waals surface area contributed by atoms with Gasteiger partial charge in [0.05, 0.1) is 0 Å². The number of benzene rings is 1. The molecule has 1 aromatic carbocycles. The van der Waals surface area contributed by atoms with Gasteiger partial charge < -0.3 is 5.32 Å². The molecular formula is C14H21N. The average molecular weight is 203 g/mol. The Balaban J connectivity index is 2.12. The summed E-state index contributed by atoms with van der Waals surface area (Å²) >= 11 is 0. The van der Waals surface area contributed by atoms with Crippen molar-refractivity contribution in [2.75, 3.05) is 11.9 Å². The molecular weight excluding hydrogens is 182 g/mol. The summed E-state index contributed by atoms with van der Waals surface area (Å²) in [6.07, 6.45) is 6.92. The minimum Gasteiger partial charge on any atom is -0.385 e. The van der Waals surface area contributed by atoms with Gasteiger partial charge in [-0.15, -0.1) is 6.58 Å². The standard InChI is InChI=1S/C14H21N/c1-3-4-5-6-7-11-15-14-10-8-9-13(2)12-14/h3,8-10,12,15H,1,4-7,11H2,2H3. The van der Waals surface area contributed by atoms with E-state index in [1.54, 1.807) is 0 Å². The lowest BCUT2D eigenvalue weighted by Crippen LogP contribution is -2.01. The molecule has 0 saturated carbocycles. The predicted octanol–water partition coefficient (Wildman–Crippen LogP) is 4.15. The van der Waals surface area contributed by atoms with Crippen molar-refractivity contribution < 1.29 is 0 Å². The Hall–Kier alpha value is -1.24. The number of hydrogen-bond acceptors (Lipinski definition) is 1. The fourth-order valence-corrected chi connectivity index (χ4v) is 1.58. The van der Waals surface area contributed by atoms with Crippen molar-refractivity contribution in [2.24, 2.45) is 0 Å². The SMILES string of the molecule is C=CCCCCCNc1cccc(C)c1. The predicted molar refractivity (Wildman–Crippen MR) is 68.3 cm³/mol. The highest BCUT2D eigenvalue weighted by Gasteiger charge is 1.91. The zero-order valence-electron chi connectivity index (χ0n) is 9.63. The molecule has 0 atom stereocenters. The van der Waals surface area contributed by atoms with Crippen LogP contribution in [0.15, 0.2) is 36.9 Å². The molecule has 0 aromatic heterocycles. The Labute approximate surface area is 93.2 Å². The Bertz CT molecular complexity index is 291. The van der Waals surface area contributed by atoms with E-state index < -0.39 is 0 Å². The maximum atomic E-state index is 3.72. The molecule has 0 bridgehead atoms. The van der Waals surface area contributed by atoms with Crippen LogP contribution in [0, 0.1) is 6.92 Å². The fourth-order valence-electron chi connectivity index (χ4n) is 1.58. The van der Waals surface area contributed by atoms with Gasteiger partial charge in [0.25, 0.3) is 0 Å². The van der Waals surface area contributed by atoms with Gasteiger partial charge in [0.1, 0.15) is 0 Å². The van der Waals surface area contributed by atoms with Crippen LogP contribution in [0.25, 0.3) is 0 Å². The Morgan fingerprint density at radius 3 is 2.87 bits per heavy atom. The van der Waals surface area contributed by atoms with Gasteiger partial charge in [0.2, 0.25) is 0 Å². The monoisotopic (exact) mass is 203 g/mol. The highest BCUT2D eigenvalue weighted by Crippen LogP contribution is 2.09. The average Bonchev–Trinajstić information content (AvgIpc) is 2.23. The number of aryl methyl sites for hydroxylation is 1. The third-order valence-electron chi connectivity index (χ3n) is 2.43. The number of nitrogens with one attached hydrogen (secondary N) is 1. The van der Waals surface area contributed by atoms with Gasteiger partial charge in [-0.3, -0.25) is 0 Å². The second kappa shape index (κ2) is 7.10. The van der Waals surface area contributed by atoms with Crippen molar-refractivity contribution in [1.29, 1.82) is 0 Å². The zero-order valence-corrected chi connectivity index (χ0v) is 9.63. The summed E-state index contributed by atoms with van der Waals surface area (Å²) in [6, 6.07) is 8.52. The molecule has 0 spiro atoms. The first-order valence-electron chi connectivity index (χ1n) is 5.74. The second-order valence-electron chi connectivity index (χ2n) is 3.93. The summed E-state index contributed by atoms with van der Waals surface area (Å²) < 4.78 is 0. The second-order valence-corrected chi connectivity index (χ2v) is 3.93. The number of rotatable bonds is 7. The maximum absolute atomic E-state index is 3.72. The molecule has 0 aliphatic carbocycles. The van der Waals surface area contributed by atoms with Crippen LogP contribution >= 0.6 is 0 Å². The molecule has 0 fully saturated rings. The van der Waals surface area contributed by atoms with Crippen molar-refractivity contribution in [1.82, 2.24) is 0 Å². The summed E-state index contributed by atoms with van der Waals surface area (Å²) in [5, 5.41) is 3.44. The first kappa shape index (κ1) is 11.8. The zero-order chi connectivity index (χ0) is 10.9. The summed E-state index contributed by atoms with van der Waals surface area (Å²) in [5.74, 6) is 0. The van der Waals surface area contributed by atoms with E-state index in [1.807, 2.05) is 6.08 Å². The van der Waals surface area contributed by atoms with E-state index in [1.165, 1.54) is 30.5 Å². The van der Waals surface area contributed by atoms with Gasteiger partial charge in [0.15, 0.2) is 0 Å².